The van der Waals surface area contributed by atoms with E-state index < -0.39 is 0 Å². The largest absolute Gasteiger partial charge is 0.467 e. The number of hydrogen-bond donors (Lipinski definition) is 0. The minimum absolute atomic E-state index is 0.196. The summed E-state index contributed by atoms with van der Waals surface area (Å²) in [6.07, 6.45) is 6.08. The van der Waals surface area contributed by atoms with Gasteiger partial charge in [0.15, 0.2) is 0 Å². The van der Waals surface area contributed by atoms with E-state index >= 15 is 0 Å². The zero-order valence-electron chi connectivity index (χ0n) is 18.4. The second kappa shape index (κ2) is 8.79. The van der Waals surface area contributed by atoms with Crippen molar-refractivity contribution in [3.8, 4) is 0 Å². The molecule has 170 valence electrons. The molecule has 0 unspecified atom stereocenters. The van der Waals surface area contributed by atoms with Crippen molar-refractivity contribution in [3.63, 3.8) is 0 Å². The summed E-state index contributed by atoms with van der Waals surface area (Å²) in [5.74, 6) is 2.02. The Morgan fingerprint density at radius 2 is 1.97 bits per heavy atom. The summed E-state index contributed by atoms with van der Waals surface area (Å²) in [4.78, 5) is 35.7. The molecule has 7 nitrogen and oxygen atoms in total. The number of hydrogen-bond acceptors (Lipinski definition) is 7. The van der Waals surface area contributed by atoms with Crippen LogP contribution in [0.4, 0.5) is 5.82 Å². The second-order valence-corrected chi connectivity index (χ2v) is 10.5. The Labute approximate surface area is 201 Å². The van der Waals surface area contributed by atoms with Gasteiger partial charge in [0, 0.05) is 19.3 Å². The molecule has 0 saturated carbocycles. The van der Waals surface area contributed by atoms with Crippen molar-refractivity contribution >= 4 is 51.7 Å². The summed E-state index contributed by atoms with van der Waals surface area (Å²) in [7, 11) is 0. The molecule has 3 aromatic rings. The molecule has 33 heavy (non-hydrogen) atoms. The molecule has 5 heterocycles. The Bertz CT molecular complexity index is 1300. The van der Waals surface area contributed by atoms with Crippen molar-refractivity contribution in [2.75, 3.05) is 18.0 Å². The molecule has 3 aromatic heterocycles. The van der Waals surface area contributed by atoms with Gasteiger partial charge in [-0.3, -0.25) is 18.9 Å². The molecule has 2 aliphatic rings. The summed E-state index contributed by atoms with van der Waals surface area (Å²) in [5, 5.41) is 0. The van der Waals surface area contributed by atoms with E-state index in [0.717, 1.165) is 19.5 Å². The summed E-state index contributed by atoms with van der Waals surface area (Å²) in [6, 6.07) is 9.07. The number of amides is 1. The first-order chi connectivity index (χ1) is 15.9. The number of rotatable bonds is 4. The van der Waals surface area contributed by atoms with Gasteiger partial charge >= 0.3 is 0 Å². The first kappa shape index (κ1) is 21.9. The maximum absolute atomic E-state index is 13.5. The number of thioether (sulfide) groups is 1. The molecule has 1 amide bonds. The number of furan rings is 1. The highest BCUT2D eigenvalue weighted by Gasteiger charge is 2.34. The van der Waals surface area contributed by atoms with Crippen molar-refractivity contribution in [2.45, 2.75) is 26.8 Å². The van der Waals surface area contributed by atoms with Crippen LogP contribution < -0.4 is 10.5 Å². The number of pyridine rings is 1. The fourth-order valence-electron chi connectivity index (χ4n) is 4.62. The Hall–Kier alpha value is -2.91. The summed E-state index contributed by atoms with van der Waals surface area (Å²) >= 11 is 6.66. The van der Waals surface area contributed by atoms with Gasteiger partial charge in [0.1, 0.15) is 21.5 Å². The van der Waals surface area contributed by atoms with Crippen molar-refractivity contribution in [3.05, 3.63) is 69.4 Å². The molecule has 0 bridgehead atoms. The lowest BCUT2D eigenvalue weighted by Crippen LogP contribution is -2.40. The van der Waals surface area contributed by atoms with Crippen LogP contribution in [-0.2, 0) is 11.3 Å². The Balaban J connectivity index is 1.59. The van der Waals surface area contributed by atoms with E-state index in [4.69, 9.17) is 21.6 Å². The smallest absolute Gasteiger partial charge is 0.267 e. The topological polar surface area (TPSA) is 71.1 Å². The number of aromatic nitrogens is 2. The Kier molecular flexibility index (Phi) is 5.84. The van der Waals surface area contributed by atoms with E-state index in [1.54, 1.807) is 36.7 Å². The van der Waals surface area contributed by atoms with Gasteiger partial charge in [-0.2, -0.15) is 0 Å². The average Bonchev–Trinajstić information content (AvgIpc) is 3.39. The van der Waals surface area contributed by atoms with Crippen LogP contribution in [-0.4, -0.2) is 37.6 Å². The van der Waals surface area contributed by atoms with E-state index in [2.05, 4.69) is 18.7 Å². The fraction of sp³-hybridized carbons (Fsp3) is 0.333. The van der Waals surface area contributed by atoms with Crippen LogP contribution in [0.15, 0.2) is 56.9 Å². The molecule has 0 radical (unpaired) electrons. The molecule has 5 rings (SSSR count). The molecular weight excluding hydrogens is 456 g/mol. The van der Waals surface area contributed by atoms with E-state index in [0.29, 0.717) is 43.9 Å². The zero-order chi connectivity index (χ0) is 23.1. The van der Waals surface area contributed by atoms with Crippen LogP contribution >= 0.6 is 24.0 Å². The van der Waals surface area contributed by atoms with Gasteiger partial charge < -0.3 is 9.32 Å². The van der Waals surface area contributed by atoms with Crippen molar-refractivity contribution in [2.24, 2.45) is 11.8 Å². The predicted molar refractivity (Wildman–Crippen MR) is 134 cm³/mol. The van der Waals surface area contributed by atoms with Crippen molar-refractivity contribution in [1.82, 2.24) is 14.3 Å². The van der Waals surface area contributed by atoms with Gasteiger partial charge in [0.2, 0.25) is 0 Å². The number of carbonyl (C=O) groups is 1. The predicted octanol–water partition coefficient (Wildman–Crippen LogP) is 4.17. The minimum atomic E-state index is -0.231. The number of fused-ring (bicyclic) bond motifs is 1. The molecule has 9 heteroatoms. The fourth-order valence-corrected chi connectivity index (χ4v) is 5.86. The number of nitrogens with zero attached hydrogens (tertiary/aromatic N) is 4. The standard InChI is InChI=1S/C24H24N4O3S2/c1-15-10-16(2)13-26(12-15)21-18(22(29)27-8-4-3-7-20(27)25-21)11-19-23(30)28(24(32)33-19)14-17-6-5-9-31-17/h3-9,11,15-16H,10,12-14H2,1-2H3/b19-11+/t15-,16-/m0/s1. The van der Waals surface area contributed by atoms with Gasteiger partial charge in [0.05, 0.1) is 23.3 Å². The average molecular weight is 481 g/mol. The van der Waals surface area contributed by atoms with Crippen molar-refractivity contribution in [1.29, 1.82) is 0 Å². The quantitative estimate of drug-likeness (QED) is 0.410. The van der Waals surface area contributed by atoms with E-state index in [1.165, 1.54) is 21.1 Å². The molecule has 0 spiro atoms. The molecule has 0 N–H and O–H groups in total. The minimum Gasteiger partial charge on any atom is -0.467 e. The molecule has 2 saturated heterocycles. The van der Waals surface area contributed by atoms with Gasteiger partial charge in [0.25, 0.3) is 11.5 Å². The number of carbonyl (C=O) groups excluding carboxylic acids is 1. The van der Waals surface area contributed by atoms with Crippen LogP contribution in [0.3, 0.4) is 0 Å². The van der Waals surface area contributed by atoms with Gasteiger partial charge in [-0.15, -0.1) is 0 Å². The first-order valence-corrected chi connectivity index (χ1v) is 12.2. The summed E-state index contributed by atoms with van der Waals surface area (Å²) in [6.45, 7) is 6.34. The molecule has 2 aliphatic heterocycles. The highest BCUT2D eigenvalue weighted by Crippen LogP contribution is 2.35. The lowest BCUT2D eigenvalue weighted by molar-refractivity contribution is -0.122. The number of piperidine rings is 1. The maximum Gasteiger partial charge on any atom is 0.267 e. The van der Waals surface area contributed by atoms with Crippen LogP contribution in [0.2, 0.25) is 0 Å². The Morgan fingerprint density at radius 1 is 1.18 bits per heavy atom. The third-order valence-corrected chi connectivity index (χ3v) is 7.34. The third kappa shape index (κ3) is 4.22. The van der Waals surface area contributed by atoms with Crippen LogP contribution in [0.25, 0.3) is 11.7 Å². The first-order valence-electron chi connectivity index (χ1n) is 10.9. The number of anilines is 1. The SMILES string of the molecule is C[C@H]1C[C@H](C)CN(c2nc3ccccn3c(=O)c2/C=C2/SC(=S)N(Cc3ccco3)C2=O)C1. The second-order valence-electron chi connectivity index (χ2n) is 8.78. The molecular formula is C24H24N4O3S2. The van der Waals surface area contributed by atoms with Crippen LogP contribution in [0.1, 0.15) is 31.6 Å². The monoisotopic (exact) mass is 480 g/mol. The molecule has 2 atom stereocenters. The van der Waals surface area contributed by atoms with E-state index in [1.807, 2.05) is 12.1 Å². The van der Waals surface area contributed by atoms with Crippen LogP contribution in [0.5, 0.6) is 0 Å². The normalized spacial score (nSPS) is 22.7. The summed E-state index contributed by atoms with van der Waals surface area (Å²) < 4.78 is 7.35. The van der Waals surface area contributed by atoms with Crippen LogP contribution in [0, 0.1) is 11.8 Å². The van der Waals surface area contributed by atoms with Gasteiger partial charge in [-0.05, 0) is 48.6 Å². The lowest BCUT2D eigenvalue weighted by Gasteiger charge is -2.36. The summed E-state index contributed by atoms with van der Waals surface area (Å²) in [5.41, 5.74) is 0.808. The molecule has 0 aromatic carbocycles. The van der Waals surface area contributed by atoms with E-state index in [9.17, 15) is 9.59 Å². The maximum atomic E-state index is 13.5. The van der Waals surface area contributed by atoms with E-state index in [-0.39, 0.29) is 18.0 Å². The highest BCUT2D eigenvalue weighted by atomic mass is 32.2. The molecule has 2 fully saturated rings. The van der Waals surface area contributed by atoms with Crippen molar-refractivity contribution < 1.29 is 9.21 Å². The van der Waals surface area contributed by atoms with Gasteiger partial charge in [-0.1, -0.05) is 43.9 Å². The number of thiocarbonyl (C=S) groups is 1. The zero-order valence-corrected chi connectivity index (χ0v) is 20.1. The lowest BCUT2D eigenvalue weighted by atomic mass is 9.91. The highest BCUT2D eigenvalue weighted by molar-refractivity contribution is 8.26. The van der Waals surface area contributed by atoms with Gasteiger partial charge in [-0.25, -0.2) is 4.98 Å². The molecule has 0 aliphatic carbocycles. The Morgan fingerprint density at radius 3 is 2.70 bits per heavy atom. The third-order valence-electron chi connectivity index (χ3n) is 5.96.